The normalized spacial score (nSPS) is 37.1. The van der Waals surface area contributed by atoms with Crippen LogP contribution in [0.15, 0.2) is 0 Å². The maximum Gasteiger partial charge on any atom is 0.320 e. The van der Waals surface area contributed by atoms with E-state index in [0.29, 0.717) is 0 Å². The van der Waals surface area contributed by atoms with Gasteiger partial charge in [0.05, 0.1) is 1.37 Å². The minimum atomic E-state index is -3.61. The zero-order valence-corrected chi connectivity index (χ0v) is 3.93. The summed E-state index contributed by atoms with van der Waals surface area (Å²) in [6.07, 6.45) is 0. The number of carboxylic acids is 1. The first-order valence-electron chi connectivity index (χ1n) is 5.72. The molecule has 0 unspecified atom stereocenters. The van der Waals surface area contributed by atoms with Gasteiger partial charge >= 0.3 is 5.97 Å². The molecule has 0 fully saturated rings. The van der Waals surface area contributed by atoms with Crippen LogP contribution in [0.3, 0.4) is 0 Å². The topological polar surface area (TPSA) is 63.3 Å². The first kappa shape index (κ1) is 1.48. The number of rotatable bonds is 2. The van der Waals surface area contributed by atoms with Crippen LogP contribution in [0.5, 0.6) is 0 Å². The third-order valence-electron chi connectivity index (χ3n) is 0.500. The molecule has 0 aromatic heterocycles. The van der Waals surface area contributed by atoms with Crippen LogP contribution < -0.4 is 5.73 Å². The number of aliphatic carboxylic acids is 1. The Kier molecular flexibility index (Phi) is 0.492. The van der Waals surface area contributed by atoms with E-state index in [1.165, 1.54) is 0 Å². The average Bonchev–Trinajstić information content (AvgIpc) is 1.97. The highest BCUT2D eigenvalue weighted by atomic mass is 16.5. The molecule has 48 valence electrons. The molecule has 0 heterocycles. The SMILES string of the molecule is [2H][13C]([2H])([2H])[13C]([2H])([13C]([2H])([2H])[2H])[13C@]([2H])([15NH2])[13C](=O)O. The number of carboxylic acid groups (broad SMARTS) is 1. The lowest BCUT2D eigenvalue weighted by molar-refractivity contribution is -0.139. The van der Waals surface area contributed by atoms with Crippen molar-refractivity contribution in [3.05, 3.63) is 0 Å². The van der Waals surface area contributed by atoms with Crippen LogP contribution in [0.1, 0.15) is 24.7 Å². The number of hydrogen-bond donors (Lipinski definition) is 2. The third-order valence-corrected chi connectivity index (χ3v) is 0.500. The Morgan fingerprint density at radius 1 is 2.00 bits per heavy atom. The van der Waals surface area contributed by atoms with Crippen LogP contribution >= 0.6 is 0 Å². The number of nitrogens with two attached hydrogens (primary N) is 1. The van der Waals surface area contributed by atoms with Gasteiger partial charge in [0.15, 0.2) is 0 Å². The van der Waals surface area contributed by atoms with Gasteiger partial charge in [0, 0.05) is 9.60 Å². The Labute approximate surface area is 59.7 Å². The van der Waals surface area contributed by atoms with Gasteiger partial charge in [-0.25, -0.2) is 0 Å². The smallest absolute Gasteiger partial charge is 0.320 e. The molecule has 0 radical (unpaired) electrons. The molecule has 3 heteroatoms. The summed E-state index contributed by atoms with van der Waals surface area (Å²) in [5, 5.41) is 8.57. The summed E-state index contributed by atoms with van der Waals surface area (Å²) >= 11 is 0. The summed E-state index contributed by atoms with van der Waals surface area (Å²) in [7, 11) is 0. The molecule has 0 saturated carbocycles. The molecule has 0 aliphatic heterocycles. The van der Waals surface area contributed by atoms with Crippen molar-refractivity contribution < 1.29 is 20.9 Å². The summed E-state index contributed by atoms with van der Waals surface area (Å²) in [5.74, 6) is -5.80. The van der Waals surface area contributed by atoms with E-state index >= 15 is 0 Å². The summed E-state index contributed by atoms with van der Waals surface area (Å²) in [6.45, 7) is -7.07. The second-order valence-electron chi connectivity index (χ2n) is 1.09. The molecule has 1 atom stereocenters. The van der Waals surface area contributed by atoms with Crippen molar-refractivity contribution in [2.75, 3.05) is 0 Å². The quantitative estimate of drug-likeness (QED) is 0.411. The summed E-state index contributed by atoms with van der Waals surface area (Å²) in [4.78, 5) is 10.6. The molecule has 3 nitrogen and oxygen atoms in total. The molecule has 0 bridgehead atoms. The first-order valence-corrected chi connectivity index (χ1v) is 1.72. The minimum Gasteiger partial charge on any atom is -0.480 e. The average molecular weight is 131 g/mol. The van der Waals surface area contributed by atoms with Gasteiger partial charge in [-0.2, -0.15) is 0 Å². The van der Waals surface area contributed by atoms with Crippen molar-refractivity contribution >= 4 is 5.97 Å². The predicted molar refractivity (Wildman–Crippen MR) is 30.4 cm³/mol. The van der Waals surface area contributed by atoms with E-state index in [1.54, 1.807) is 0 Å². The Morgan fingerprint density at radius 2 is 2.50 bits per heavy atom. The minimum absolute atomic E-state index is 2.19. The molecule has 0 aliphatic rings. The third kappa shape index (κ3) is 1.93. The van der Waals surface area contributed by atoms with Crippen molar-refractivity contribution in [3.63, 3.8) is 0 Å². The molecule has 0 spiro atoms. The zero-order chi connectivity index (χ0) is 13.6. The Morgan fingerprint density at radius 3 is 2.62 bits per heavy atom. The van der Waals surface area contributed by atoms with Crippen molar-refractivity contribution in [2.45, 2.75) is 19.7 Å². The second kappa shape index (κ2) is 2.67. The monoisotopic (exact) mass is 131 g/mol. The van der Waals surface area contributed by atoms with E-state index in [-0.39, 0.29) is 0 Å². The van der Waals surface area contributed by atoms with Crippen molar-refractivity contribution in [1.82, 2.24) is 0 Å². The van der Waals surface area contributed by atoms with Crippen LogP contribution in [0, 0.1) is 5.89 Å². The molecule has 0 aromatic rings. The van der Waals surface area contributed by atoms with Crippen molar-refractivity contribution in [2.24, 2.45) is 11.6 Å². The van der Waals surface area contributed by atoms with E-state index in [1.807, 2.05) is 0 Å². The van der Waals surface area contributed by atoms with Gasteiger partial charge in [0.25, 0.3) is 0 Å². The molecule has 0 amide bonds. The number of hydrogen-bond acceptors (Lipinski definition) is 2. The standard InChI is InChI=1S/C5H11NO2/c1-3(2)4(6)5(7)8/h3-4H,6H2,1-2H3,(H,7,8)/t4-/m0/s1/i1+1D3,2+1D3,3+1D,4+1D,5+1,6+1. The lowest BCUT2D eigenvalue weighted by atomic mass is 11.1. The lowest BCUT2D eigenvalue weighted by Crippen LogP contribution is -2.34. The maximum atomic E-state index is 10.6. The Hall–Kier alpha value is -0.570. The zero-order valence-electron chi connectivity index (χ0n) is 11.9. The van der Waals surface area contributed by atoms with Gasteiger partial charge in [-0.15, -0.1) is 0 Å². The van der Waals surface area contributed by atoms with Crippen LogP contribution in [0.25, 0.3) is 0 Å². The largest absolute Gasteiger partial charge is 0.480 e. The fraction of sp³-hybridized carbons (Fsp3) is 0.800. The molecule has 3 N–H and O–H groups in total. The maximum absolute atomic E-state index is 10.6. The molecule has 0 aromatic carbocycles. The van der Waals surface area contributed by atoms with Crippen LogP contribution in [-0.4, -0.2) is 17.1 Å². The van der Waals surface area contributed by atoms with Crippen LogP contribution in [0.4, 0.5) is 0 Å². The summed E-state index contributed by atoms with van der Waals surface area (Å²) in [5.41, 5.74) is 4.87. The fourth-order valence-corrected chi connectivity index (χ4v) is 0.107. The first-order chi connectivity index (χ1) is 6.69. The van der Waals surface area contributed by atoms with E-state index < -0.39 is 31.6 Å². The van der Waals surface area contributed by atoms with E-state index in [2.05, 4.69) is 0 Å². The molecular formula is C5H11NO2. The van der Waals surface area contributed by atoms with Gasteiger partial charge in [-0.1, -0.05) is 13.7 Å². The van der Waals surface area contributed by atoms with Gasteiger partial charge in [-0.05, 0) is 5.89 Å². The molecule has 0 aliphatic carbocycles. The van der Waals surface area contributed by atoms with E-state index in [4.69, 9.17) is 21.8 Å². The predicted octanol–water partition coefficient (Wildman–Crippen LogP) is 0.0543. The molecule has 0 rings (SSSR count). The lowest BCUT2D eigenvalue weighted by Gasteiger charge is -2.07. The van der Waals surface area contributed by atoms with Crippen molar-refractivity contribution in [1.29, 1.82) is 0 Å². The van der Waals surface area contributed by atoms with Crippen LogP contribution in [0.2, 0.25) is 0 Å². The second-order valence-corrected chi connectivity index (χ2v) is 1.09. The van der Waals surface area contributed by atoms with Gasteiger partial charge < -0.3 is 10.8 Å². The summed E-state index contributed by atoms with van der Waals surface area (Å²) in [6, 6.07) is -3.47. The van der Waals surface area contributed by atoms with E-state index in [0.717, 1.165) is 0 Å². The highest BCUT2D eigenvalue weighted by Gasteiger charge is 2.14. The highest BCUT2D eigenvalue weighted by molar-refractivity contribution is 5.73. The highest BCUT2D eigenvalue weighted by Crippen LogP contribution is 1.96. The van der Waals surface area contributed by atoms with E-state index in [9.17, 15) is 4.79 Å². The van der Waals surface area contributed by atoms with Gasteiger partial charge in [0.2, 0.25) is 0 Å². The summed E-state index contributed by atoms with van der Waals surface area (Å²) < 4.78 is 55.9. The Balaban J connectivity index is 5.91. The van der Waals surface area contributed by atoms with Crippen molar-refractivity contribution in [3.8, 4) is 0 Å². The number of carbonyl (C=O) groups is 1. The molecular weight excluding hydrogens is 112 g/mol. The Bertz CT molecular complexity index is 278. The van der Waals surface area contributed by atoms with Gasteiger partial charge in [0.1, 0.15) is 6.02 Å². The van der Waals surface area contributed by atoms with Crippen LogP contribution in [-0.2, 0) is 4.79 Å². The molecule has 0 saturated heterocycles. The van der Waals surface area contributed by atoms with Gasteiger partial charge in [-0.3, -0.25) is 4.79 Å². The fourth-order valence-electron chi connectivity index (χ4n) is 0.107. The molecule has 8 heavy (non-hydrogen) atoms.